The number of aliphatic hydroxyl groups is 8. The minimum absolute atomic E-state index is 0.00514. The summed E-state index contributed by atoms with van der Waals surface area (Å²) >= 11 is 0. The van der Waals surface area contributed by atoms with Crippen molar-refractivity contribution in [1.29, 1.82) is 0 Å². The summed E-state index contributed by atoms with van der Waals surface area (Å²) in [6.07, 6.45) is 7.01. The molecule has 1 saturated heterocycles. The van der Waals surface area contributed by atoms with Crippen LogP contribution >= 0.6 is 0 Å². The highest BCUT2D eigenvalue weighted by Crippen LogP contribution is 2.26. The Kier molecular flexibility index (Phi) is 18.2. The standard InChI is InChI=1S/C35H56O11/c1-22(2)35-23(3)12-13-24(36)14-25(37)15-26(38)16-27(39)17-28(40)18-29(41)19-30(42)20-31-21-32(43)33(45-31)10-8-6-4-5-7-9-11-34(44)46-35/h4-13,22-33,35-43H,14-21H2,1-3H3. The van der Waals surface area contributed by atoms with E-state index in [9.17, 15) is 45.6 Å². The van der Waals surface area contributed by atoms with Gasteiger partial charge in [0.05, 0.1) is 54.9 Å². The molecule has 2 aliphatic rings. The van der Waals surface area contributed by atoms with E-state index < -0.39 is 73.1 Å². The van der Waals surface area contributed by atoms with Gasteiger partial charge in [0.1, 0.15) is 12.2 Å². The average Bonchev–Trinajstić information content (AvgIpc) is 3.28. The zero-order valence-corrected chi connectivity index (χ0v) is 27.2. The Hall–Kier alpha value is -2.19. The van der Waals surface area contributed by atoms with Crippen molar-refractivity contribution < 1.29 is 55.1 Å². The number of carbonyl (C=O) groups is 1. The number of hydrogen-bond acceptors (Lipinski definition) is 11. The fourth-order valence-corrected chi connectivity index (χ4v) is 5.91. The Balaban J connectivity index is 2.10. The maximum atomic E-state index is 12.4. The normalized spacial score (nSPS) is 38.8. The van der Waals surface area contributed by atoms with Gasteiger partial charge in [-0.2, -0.15) is 0 Å². The predicted molar refractivity (Wildman–Crippen MR) is 173 cm³/mol. The molecule has 0 radical (unpaired) electrons. The van der Waals surface area contributed by atoms with Gasteiger partial charge < -0.3 is 50.3 Å². The molecule has 11 nitrogen and oxygen atoms in total. The molecule has 8 N–H and O–H groups in total. The number of hydrogen-bond donors (Lipinski definition) is 8. The van der Waals surface area contributed by atoms with Gasteiger partial charge in [-0.1, -0.05) is 75.5 Å². The van der Waals surface area contributed by atoms with E-state index in [4.69, 9.17) is 9.47 Å². The topological polar surface area (TPSA) is 197 Å². The second kappa shape index (κ2) is 20.9. The molecule has 46 heavy (non-hydrogen) atoms. The van der Waals surface area contributed by atoms with E-state index in [1.165, 1.54) is 12.2 Å². The maximum Gasteiger partial charge on any atom is 0.331 e. The van der Waals surface area contributed by atoms with Crippen LogP contribution in [0.5, 0.6) is 0 Å². The number of esters is 1. The fourth-order valence-electron chi connectivity index (χ4n) is 5.91. The van der Waals surface area contributed by atoms with Crippen LogP contribution in [0.15, 0.2) is 60.8 Å². The molecule has 2 heterocycles. The van der Waals surface area contributed by atoms with E-state index in [0.29, 0.717) is 6.42 Å². The Morgan fingerprint density at radius 1 is 0.609 bits per heavy atom. The van der Waals surface area contributed by atoms with Crippen LogP contribution in [0.3, 0.4) is 0 Å². The number of fused-ring (bicyclic) bond motifs is 2. The van der Waals surface area contributed by atoms with Crippen LogP contribution in [-0.4, -0.2) is 114 Å². The molecule has 2 aliphatic heterocycles. The van der Waals surface area contributed by atoms with Crippen LogP contribution in [-0.2, 0) is 14.3 Å². The Morgan fingerprint density at radius 3 is 1.63 bits per heavy atom. The van der Waals surface area contributed by atoms with Gasteiger partial charge >= 0.3 is 5.97 Å². The van der Waals surface area contributed by atoms with E-state index in [1.54, 1.807) is 48.6 Å². The monoisotopic (exact) mass is 652 g/mol. The van der Waals surface area contributed by atoms with E-state index in [0.717, 1.165) is 0 Å². The third kappa shape index (κ3) is 16.1. The molecule has 11 heteroatoms. The van der Waals surface area contributed by atoms with E-state index in [1.807, 2.05) is 20.8 Å². The Morgan fingerprint density at radius 2 is 1.09 bits per heavy atom. The first-order valence-electron chi connectivity index (χ1n) is 16.4. The van der Waals surface area contributed by atoms with Crippen LogP contribution in [0.4, 0.5) is 0 Å². The lowest BCUT2D eigenvalue weighted by atomic mass is 9.93. The molecule has 12 unspecified atom stereocenters. The molecule has 0 aromatic heterocycles. The first-order valence-corrected chi connectivity index (χ1v) is 16.4. The van der Waals surface area contributed by atoms with E-state index >= 15 is 0 Å². The van der Waals surface area contributed by atoms with Gasteiger partial charge in [0, 0.05) is 24.8 Å². The van der Waals surface area contributed by atoms with Crippen LogP contribution in [0, 0.1) is 11.8 Å². The average molecular weight is 653 g/mol. The molecule has 0 saturated carbocycles. The fraction of sp³-hybridized carbons (Fsp3) is 0.686. The SMILES string of the molecule is CC(C)C1OC(=O)C=CC=CC=CC=CC2OC(CC(O)CC(O)CC(O)CC(O)CC(O)CC(O)CC(O)C=CC1C)CC2O. The number of cyclic esters (lactones) is 1. The Labute approximate surface area is 272 Å². The van der Waals surface area contributed by atoms with Gasteiger partial charge in [-0.15, -0.1) is 0 Å². The van der Waals surface area contributed by atoms with Crippen molar-refractivity contribution in [3.05, 3.63) is 60.8 Å². The van der Waals surface area contributed by atoms with Gasteiger partial charge in [-0.05, 0) is 44.4 Å². The van der Waals surface area contributed by atoms with Crippen LogP contribution in [0.1, 0.15) is 72.1 Å². The van der Waals surface area contributed by atoms with Crippen molar-refractivity contribution in [1.82, 2.24) is 0 Å². The van der Waals surface area contributed by atoms with Crippen LogP contribution < -0.4 is 0 Å². The maximum absolute atomic E-state index is 12.4. The van der Waals surface area contributed by atoms with Crippen molar-refractivity contribution in [2.24, 2.45) is 11.8 Å². The molecule has 0 aliphatic carbocycles. The lowest BCUT2D eigenvalue weighted by Crippen LogP contribution is -2.30. The second-order valence-corrected chi connectivity index (χ2v) is 13.1. The predicted octanol–water partition coefficient (Wildman–Crippen LogP) is 1.76. The third-order valence-corrected chi connectivity index (χ3v) is 8.16. The van der Waals surface area contributed by atoms with Gasteiger partial charge in [-0.25, -0.2) is 4.79 Å². The summed E-state index contributed by atoms with van der Waals surface area (Å²) in [5.41, 5.74) is 0. The number of allylic oxidation sites excluding steroid dienone is 6. The zero-order chi connectivity index (χ0) is 34.2. The highest BCUT2D eigenvalue weighted by atomic mass is 16.5. The minimum atomic E-state index is -1.10. The highest BCUT2D eigenvalue weighted by molar-refractivity contribution is 5.82. The summed E-state index contributed by atoms with van der Waals surface area (Å²) in [5, 5.41) is 83.1. The molecular formula is C35H56O11. The molecule has 0 spiro atoms. The first-order chi connectivity index (χ1) is 21.7. The van der Waals surface area contributed by atoms with Gasteiger partial charge in [0.25, 0.3) is 0 Å². The zero-order valence-electron chi connectivity index (χ0n) is 27.2. The first kappa shape index (κ1) is 40.0. The van der Waals surface area contributed by atoms with Crippen molar-refractivity contribution in [3.8, 4) is 0 Å². The minimum Gasteiger partial charge on any atom is -0.458 e. The van der Waals surface area contributed by atoms with Gasteiger partial charge in [0.2, 0.25) is 0 Å². The van der Waals surface area contributed by atoms with Gasteiger partial charge in [-0.3, -0.25) is 0 Å². The van der Waals surface area contributed by atoms with Crippen molar-refractivity contribution in [2.75, 3.05) is 0 Å². The van der Waals surface area contributed by atoms with Crippen molar-refractivity contribution in [3.63, 3.8) is 0 Å². The quantitative estimate of drug-likeness (QED) is 0.152. The van der Waals surface area contributed by atoms with Crippen LogP contribution in [0.25, 0.3) is 0 Å². The summed E-state index contributed by atoms with van der Waals surface area (Å²) in [6, 6.07) is 0. The van der Waals surface area contributed by atoms with Crippen molar-refractivity contribution >= 4 is 5.97 Å². The number of rotatable bonds is 1. The second-order valence-electron chi connectivity index (χ2n) is 13.1. The molecule has 2 rings (SSSR count). The molecule has 262 valence electrons. The van der Waals surface area contributed by atoms with Crippen LogP contribution in [0.2, 0.25) is 0 Å². The summed E-state index contributed by atoms with van der Waals surface area (Å²) in [7, 11) is 0. The Bertz CT molecular complexity index is 1020. The number of aliphatic hydroxyl groups excluding tert-OH is 8. The van der Waals surface area contributed by atoms with E-state index in [-0.39, 0.29) is 56.8 Å². The largest absolute Gasteiger partial charge is 0.458 e. The molecule has 0 aromatic carbocycles. The number of carbonyl (C=O) groups excluding carboxylic acids is 1. The smallest absolute Gasteiger partial charge is 0.331 e. The lowest BCUT2D eigenvalue weighted by molar-refractivity contribution is -0.147. The molecule has 1 fully saturated rings. The summed E-state index contributed by atoms with van der Waals surface area (Å²) in [4.78, 5) is 12.4. The molecule has 0 amide bonds. The lowest BCUT2D eigenvalue weighted by Gasteiger charge is -2.25. The summed E-state index contributed by atoms with van der Waals surface area (Å²) in [6.45, 7) is 5.71. The third-order valence-electron chi connectivity index (χ3n) is 8.16. The summed E-state index contributed by atoms with van der Waals surface area (Å²) in [5.74, 6) is -0.746. The van der Waals surface area contributed by atoms with E-state index in [2.05, 4.69) is 0 Å². The molecule has 2 bridgehead atoms. The summed E-state index contributed by atoms with van der Waals surface area (Å²) < 4.78 is 11.5. The van der Waals surface area contributed by atoms with Gasteiger partial charge in [0.15, 0.2) is 0 Å². The molecule has 12 atom stereocenters. The van der Waals surface area contributed by atoms with Crippen molar-refractivity contribution in [2.45, 2.75) is 139 Å². The molecular weight excluding hydrogens is 596 g/mol. The number of ether oxygens (including phenoxy) is 2. The highest BCUT2D eigenvalue weighted by Gasteiger charge is 2.34. The molecule has 0 aromatic rings.